The van der Waals surface area contributed by atoms with Gasteiger partial charge < -0.3 is 10.3 Å². The van der Waals surface area contributed by atoms with E-state index in [1.165, 1.54) is 22.8 Å². The van der Waals surface area contributed by atoms with Crippen LogP contribution in [0.5, 0.6) is 0 Å². The summed E-state index contributed by atoms with van der Waals surface area (Å²) in [6.07, 6.45) is 1.44. The summed E-state index contributed by atoms with van der Waals surface area (Å²) in [6, 6.07) is 9.61. The molecule has 0 spiro atoms. The third-order valence-corrected chi connectivity index (χ3v) is 3.29. The van der Waals surface area contributed by atoms with Gasteiger partial charge in [-0.15, -0.1) is 20.4 Å². The molecule has 2 N–H and O–H groups in total. The first-order valence-corrected chi connectivity index (χ1v) is 6.47. The van der Waals surface area contributed by atoms with Crippen LogP contribution in [-0.2, 0) is 5.75 Å². The number of benzene rings is 1. The van der Waals surface area contributed by atoms with Crippen molar-refractivity contribution in [2.24, 2.45) is 0 Å². The van der Waals surface area contributed by atoms with Crippen LogP contribution in [0.3, 0.4) is 0 Å². The lowest BCUT2D eigenvalue weighted by Gasteiger charge is -1.96. The second kappa shape index (κ2) is 5.11. The molecule has 1 aromatic carbocycles. The van der Waals surface area contributed by atoms with Crippen molar-refractivity contribution in [2.75, 3.05) is 5.84 Å². The largest absolute Gasteiger partial charge is 0.420 e. The normalized spacial score (nSPS) is 10.7. The highest BCUT2D eigenvalue weighted by atomic mass is 32.2. The Morgan fingerprint density at radius 3 is 2.74 bits per heavy atom. The van der Waals surface area contributed by atoms with E-state index in [2.05, 4.69) is 20.4 Å². The molecule has 96 valence electrons. The molecular weight excluding hydrogens is 264 g/mol. The monoisotopic (exact) mass is 274 g/mol. The van der Waals surface area contributed by atoms with Crippen LogP contribution in [0.2, 0.25) is 0 Å². The summed E-state index contributed by atoms with van der Waals surface area (Å²) in [5, 5.41) is 16.1. The molecule has 0 atom stereocenters. The summed E-state index contributed by atoms with van der Waals surface area (Å²) < 4.78 is 6.91. The van der Waals surface area contributed by atoms with Crippen molar-refractivity contribution in [1.82, 2.24) is 25.1 Å². The highest BCUT2D eigenvalue weighted by Crippen LogP contribution is 2.22. The number of rotatable bonds is 4. The first kappa shape index (κ1) is 11.7. The number of hydrogen-bond acceptors (Lipinski definition) is 7. The second-order valence-corrected chi connectivity index (χ2v) is 4.62. The van der Waals surface area contributed by atoms with Gasteiger partial charge in [0.05, 0.1) is 5.75 Å². The molecule has 3 aromatic rings. The lowest BCUT2D eigenvalue weighted by Crippen LogP contribution is -2.07. The van der Waals surface area contributed by atoms with Gasteiger partial charge in [-0.25, -0.2) is 4.68 Å². The van der Waals surface area contributed by atoms with Crippen molar-refractivity contribution in [1.29, 1.82) is 0 Å². The summed E-state index contributed by atoms with van der Waals surface area (Å²) in [5.41, 5.74) is 0.897. The number of nitrogens with zero attached hydrogens (tertiary/aromatic N) is 5. The molecule has 0 bridgehead atoms. The summed E-state index contributed by atoms with van der Waals surface area (Å²) in [6.45, 7) is 0. The Hall–Kier alpha value is -2.35. The Labute approximate surface area is 112 Å². The fraction of sp³-hybridized carbons (Fsp3) is 0.0909. The number of thioether (sulfide) groups is 1. The van der Waals surface area contributed by atoms with Crippen LogP contribution < -0.4 is 5.84 Å². The van der Waals surface area contributed by atoms with Crippen LogP contribution in [0, 0.1) is 0 Å². The van der Waals surface area contributed by atoms with Gasteiger partial charge in [-0.3, -0.25) is 0 Å². The second-order valence-electron chi connectivity index (χ2n) is 3.68. The average Bonchev–Trinajstić information content (AvgIpc) is 3.06. The standard InChI is InChI=1S/C11H10N6OS/c12-17-7-13-16-11(17)19-6-9-14-15-10(18-9)8-4-2-1-3-5-8/h1-5,7H,6,12H2. The maximum absolute atomic E-state index is 5.61. The molecule has 7 nitrogen and oxygen atoms in total. The Morgan fingerprint density at radius 1 is 1.16 bits per heavy atom. The minimum Gasteiger partial charge on any atom is -0.420 e. The van der Waals surface area contributed by atoms with E-state index >= 15 is 0 Å². The smallest absolute Gasteiger partial charge is 0.247 e. The third-order valence-electron chi connectivity index (χ3n) is 2.35. The summed E-state index contributed by atoms with van der Waals surface area (Å²) in [7, 11) is 0. The molecule has 0 aliphatic rings. The minimum atomic E-state index is 0.496. The fourth-order valence-electron chi connectivity index (χ4n) is 1.47. The molecule has 0 saturated heterocycles. The molecule has 8 heteroatoms. The topological polar surface area (TPSA) is 95.7 Å². The van der Waals surface area contributed by atoms with Crippen LogP contribution in [0.1, 0.15) is 5.89 Å². The van der Waals surface area contributed by atoms with Gasteiger partial charge in [-0.1, -0.05) is 30.0 Å². The van der Waals surface area contributed by atoms with E-state index < -0.39 is 0 Å². The van der Waals surface area contributed by atoms with Gasteiger partial charge in [-0.2, -0.15) is 0 Å². The van der Waals surface area contributed by atoms with Gasteiger partial charge in [0.2, 0.25) is 16.9 Å². The molecule has 0 fully saturated rings. The molecule has 19 heavy (non-hydrogen) atoms. The maximum Gasteiger partial charge on any atom is 0.247 e. The first-order valence-electron chi connectivity index (χ1n) is 5.48. The molecule has 0 aliphatic heterocycles. The van der Waals surface area contributed by atoms with Crippen LogP contribution in [-0.4, -0.2) is 25.1 Å². The number of aromatic nitrogens is 5. The van der Waals surface area contributed by atoms with E-state index in [1.807, 2.05) is 30.3 Å². The van der Waals surface area contributed by atoms with Crippen molar-refractivity contribution in [3.8, 4) is 11.5 Å². The predicted molar refractivity (Wildman–Crippen MR) is 69.5 cm³/mol. The van der Waals surface area contributed by atoms with Gasteiger partial charge in [0, 0.05) is 5.56 Å². The predicted octanol–water partition coefficient (Wildman–Crippen LogP) is 1.33. The van der Waals surface area contributed by atoms with E-state index in [0.29, 0.717) is 22.7 Å². The number of hydrogen-bond donors (Lipinski definition) is 1. The highest BCUT2D eigenvalue weighted by Gasteiger charge is 2.10. The first-order chi connectivity index (χ1) is 9.33. The van der Waals surface area contributed by atoms with Crippen LogP contribution in [0.15, 0.2) is 46.2 Å². The van der Waals surface area contributed by atoms with Gasteiger partial charge in [0.25, 0.3) is 0 Å². The molecule has 2 heterocycles. The Bertz CT molecular complexity index is 665. The van der Waals surface area contributed by atoms with Gasteiger partial charge in [0.1, 0.15) is 6.33 Å². The van der Waals surface area contributed by atoms with E-state index in [9.17, 15) is 0 Å². The Balaban J connectivity index is 1.70. The van der Waals surface area contributed by atoms with Crippen LogP contribution in [0.25, 0.3) is 11.5 Å². The highest BCUT2D eigenvalue weighted by molar-refractivity contribution is 7.98. The third kappa shape index (κ3) is 2.58. The Kier molecular flexibility index (Phi) is 3.15. The van der Waals surface area contributed by atoms with Crippen molar-refractivity contribution in [2.45, 2.75) is 10.9 Å². The SMILES string of the molecule is Nn1cnnc1SCc1nnc(-c2ccccc2)o1. The summed E-state index contributed by atoms with van der Waals surface area (Å²) in [5.74, 6) is 7.13. The van der Waals surface area contributed by atoms with Gasteiger partial charge in [-0.05, 0) is 12.1 Å². The molecular formula is C11H10N6OS. The zero-order chi connectivity index (χ0) is 13.1. The molecule has 0 unspecified atom stereocenters. The summed E-state index contributed by atoms with van der Waals surface area (Å²) >= 11 is 1.38. The van der Waals surface area contributed by atoms with Crippen LogP contribution in [0.4, 0.5) is 0 Å². The molecule has 0 saturated carbocycles. The lowest BCUT2D eigenvalue weighted by atomic mass is 10.2. The fourth-order valence-corrected chi connectivity index (χ4v) is 2.14. The molecule has 0 amide bonds. The van der Waals surface area contributed by atoms with Crippen LogP contribution >= 0.6 is 11.8 Å². The molecule has 0 aliphatic carbocycles. The van der Waals surface area contributed by atoms with Crippen molar-refractivity contribution in [3.63, 3.8) is 0 Å². The molecule has 3 rings (SSSR count). The molecule has 0 radical (unpaired) electrons. The van der Waals surface area contributed by atoms with Crippen molar-refractivity contribution in [3.05, 3.63) is 42.5 Å². The van der Waals surface area contributed by atoms with Crippen molar-refractivity contribution >= 4 is 11.8 Å². The van der Waals surface area contributed by atoms with E-state index in [-0.39, 0.29) is 0 Å². The van der Waals surface area contributed by atoms with E-state index in [0.717, 1.165) is 5.56 Å². The quantitative estimate of drug-likeness (QED) is 0.566. The zero-order valence-corrected chi connectivity index (χ0v) is 10.6. The Morgan fingerprint density at radius 2 is 2.00 bits per heavy atom. The van der Waals surface area contributed by atoms with Gasteiger partial charge in [0.15, 0.2) is 0 Å². The van der Waals surface area contributed by atoms with Gasteiger partial charge >= 0.3 is 0 Å². The maximum atomic E-state index is 5.61. The number of nitrogen functional groups attached to an aromatic ring is 1. The lowest BCUT2D eigenvalue weighted by molar-refractivity contribution is 0.528. The summed E-state index contributed by atoms with van der Waals surface area (Å²) in [4.78, 5) is 0. The number of nitrogens with two attached hydrogens (primary N) is 1. The van der Waals surface area contributed by atoms with E-state index in [4.69, 9.17) is 10.3 Å². The van der Waals surface area contributed by atoms with E-state index in [1.54, 1.807) is 0 Å². The molecule has 2 aromatic heterocycles. The average molecular weight is 274 g/mol. The minimum absolute atomic E-state index is 0.496. The zero-order valence-electron chi connectivity index (χ0n) is 9.80. The van der Waals surface area contributed by atoms with Crippen molar-refractivity contribution < 1.29 is 4.42 Å².